The lowest BCUT2D eigenvalue weighted by atomic mass is 9.95. The number of nitrogens with zero attached hydrogens (tertiary/aromatic N) is 1. The van der Waals surface area contributed by atoms with Crippen LogP contribution < -0.4 is 18.9 Å². The van der Waals surface area contributed by atoms with Crippen LogP contribution in [0.2, 0.25) is 0 Å². The van der Waals surface area contributed by atoms with E-state index in [2.05, 4.69) is 4.90 Å². The average Bonchev–Trinajstić information content (AvgIpc) is 3.23. The molecular formula is C21H19NO5. The van der Waals surface area contributed by atoms with E-state index in [0.717, 1.165) is 35.4 Å². The summed E-state index contributed by atoms with van der Waals surface area (Å²) in [6.45, 7) is 0.934. The molecule has 6 heteroatoms. The van der Waals surface area contributed by atoms with Gasteiger partial charge in [0, 0.05) is 19.2 Å². The van der Waals surface area contributed by atoms with Crippen molar-refractivity contribution in [1.29, 1.82) is 0 Å². The molecule has 0 bridgehead atoms. The molecule has 6 nitrogen and oxygen atoms in total. The summed E-state index contributed by atoms with van der Waals surface area (Å²) in [5.41, 5.74) is 5.05. The molecule has 0 spiro atoms. The van der Waals surface area contributed by atoms with E-state index < -0.39 is 0 Å². The lowest BCUT2D eigenvalue weighted by molar-refractivity contribution is 0.105. The summed E-state index contributed by atoms with van der Waals surface area (Å²) in [5.74, 6) is 2.41. The molecule has 0 atom stereocenters. The second-order valence-electron chi connectivity index (χ2n) is 6.81. The lowest BCUT2D eigenvalue weighted by Gasteiger charge is -2.20. The van der Waals surface area contributed by atoms with Crippen molar-refractivity contribution in [1.82, 2.24) is 4.90 Å². The van der Waals surface area contributed by atoms with E-state index in [9.17, 15) is 4.79 Å². The number of likely N-dealkylation sites (N-methyl/N-ethyl adjacent to an activating group) is 1. The molecule has 3 aliphatic rings. The Bertz CT molecular complexity index is 1020. The summed E-state index contributed by atoms with van der Waals surface area (Å²) in [7, 11) is 5.24. The van der Waals surface area contributed by atoms with E-state index >= 15 is 0 Å². The molecule has 0 saturated heterocycles. The van der Waals surface area contributed by atoms with Crippen molar-refractivity contribution >= 4 is 17.1 Å². The summed E-state index contributed by atoms with van der Waals surface area (Å²) < 4.78 is 22.0. The molecule has 2 heterocycles. The van der Waals surface area contributed by atoms with Gasteiger partial charge in [0.1, 0.15) is 0 Å². The minimum atomic E-state index is -0.0374. The summed E-state index contributed by atoms with van der Waals surface area (Å²) in [6.07, 6.45) is 0.812. The van der Waals surface area contributed by atoms with E-state index in [1.807, 2.05) is 31.3 Å². The first-order valence-corrected chi connectivity index (χ1v) is 8.82. The van der Waals surface area contributed by atoms with Gasteiger partial charge in [-0.2, -0.15) is 0 Å². The molecule has 2 aliphatic heterocycles. The zero-order chi connectivity index (χ0) is 18.7. The summed E-state index contributed by atoms with van der Waals surface area (Å²) in [5, 5.41) is 0. The third-order valence-electron chi connectivity index (χ3n) is 5.46. The Morgan fingerprint density at radius 2 is 1.81 bits per heavy atom. The van der Waals surface area contributed by atoms with Crippen molar-refractivity contribution in [2.75, 3.05) is 34.6 Å². The van der Waals surface area contributed by atoms with Crippen LogP contribution in [0.3, 0.4) is 0 Å². The van der Waals surface area contributed by atoms with Gasteiger partial charge in [-0.1, -0.05) is 0 Å². The summed E-state index contributed by atoms with van der Waals surface area (Å²) in [4.78, 5) is 15.7. The normalized spacial score (nSPS) is 16.7. The monoisotopic (exact) mass is 365 g/mol. The smallest absolute Gasteiger partial charge is 0.231 e. The fourth-order valence-electron chi connectivity index (χ4n) is 4.17. The number of allylic oxidation sites excluding steroid dienone is 1. The minimum absolute atomic E-state index is 0.0374. The Kier molecular flexibility index (Phi) is 3.37. The molecule has 0 saturated carbocycles. The topological polar surface area (TPSA) is 57.2 Å². The van der Waals surface area contributed by atoms with Crippen LogP contribution in [0.5, 0.6) is 23.0 Å². The van der Waals surface area contributed by atoms with Crippen molar-refractivity contribution in [2.24, 2.45) is 0 Å². The van der Waals surface area contributed by atoms with Gasteiger partial charge in [-0.25, -0.2) is 0 Å². The predicted molar refractivity (Wildman–Crippen MR) is 99.6 cm³/mol. The highest BCUT2D eigenvalue weighted by atomic mass is 16.7. The molecule has 2 aromatic rings. The van der Waals surface area contributed by atoms with Crippen LogP contribution in [0, 0.1) is 0 Å². The highest BCUT2D eigenvalue weighted by Crippen LogP contribution is 2.50. The van der Waals surface area contributed by atoms with E-state index in [4.69, 9.17) is 18.9 Å². The van der Waals surface area contributed by atoms with Crippen LogP contribution in [-0.4, -0.2) is 45.3 Å². The second-order valence-corrected chi connectivity index (χ2v) is 6.81. The molecule has 1 aliphatic carbocycles. The average molecular weight is 365 g/mol. The first-order valence-electron chi connectivity index (χ1n) is 8.82. The number of Topliss-reactive ketones (excluding diaryl/α,β-unsaturated/α-hetero) is 1. The van der Waals surface area contributed by atoms with Crippen molar-refractivity contribution < 1.29 is 23.7 Å². The summed E-state index contributed by atoms with van der Waals surface area (Å²) >= 11 is 0. The predicted octanol–water partition coefficient (Wildman–Crippen LogP) is 2.99. The molecule has 0 aromatic heterocycles. The maximum absolute atomic E-state index is 13.5. The van der Waals surface area contributed by atoms with E-state index in [1.54, 1.807) is 14.2 Å². The number of carbonyl (C=O) groups is 1. The highest BCUT2D eigenvalue weighted by molar-refractivity contribution is 6.41. The Morgan fingerprint density at radius 3 is 2.59 bits per heavy atom. The van der Waals surface area contributed by atoms with Gasteiger partial charge in [-0.15, -0.1) is 0 Å². The van der Waals surface area contributed by atoms with Gasteiger partial charge >= 0.3 is 0 Å². The number of hydrogen-bond donors (Lipinski definition) is 0. The first kappa shape index (κ1) is 16.1. The number of ether oxygens (including phenoxy) is 4. The quantitative estimate of drug-likeness (QED) is 0.816. The Morgan fingerprint density at radius 1 is 1.04 bits per heavy atom. The van der Waals surface area contributed by atoms with E-state index in [1.165, 1.54) is 0 Å². The van der Waals surface area contributed by atoms with Crippen LogP contribution >= 0.6 is 0 Å². The standard InChI is InChI=1S/C21H19NO5/c1-22-7-6-11-8-15(24-2)16(25-3)9-13(11)17-19(22)12-4-5-14-21(27-10-26-14)18(12)20(17)23/h4-5,8-9H,6-7,10H2,1-3H3. The Labute approximate surface area is 156 Å². The van der Waals surface area contributed by atoms with E-state index in [-0.39, 0.29) is 12.6 Å². The number of fused-ring (bicyclic) bond motifs is 6. The molecular weight excluding hydrogens is 346 g/mol. The SMILES string of the molecule is COc1cc2c(cc1OC)C1=C(c3ccc4c(c3C1=O)OCO4)N(C)CC2. The van der Waals surface area contributed by atoms with Crippen molar-refractivity contribution in [3.05, 3.63) is 46.5 Å². The van der Waals surface area contributed by atoms with Gasteiger partial charge in [0.05, 0.1) is 31.1 Å². The number of rotatable bonds is 2. The van der Waals surface area contributed by atoms with Crippen molar-refractivity contribution in [3.8, 4) is 23.0 Å². The largest absolute Gasteiger partial charge is 0.493 e. The van der Waals surface area contributed by atoms with Gasteiger partial charge in [-0.3, -0.25) is 4.79 Å². The second kappa shape index (κ2) is 5.67. The maximum atomic E-state index is 13.5. The fourth-order valence-corrected chi connectivity index (χ4v) is 4.17. The van der Waals surface area contributed by atoms with Crippen LogP contribution in [0.15, 0.2) is 24.3 Å². The molecule has 5 rings (SSSR count). The molecule has 0 radical (unpaired) electrons. The van der Waals surface area contributed by atoms with Gasteiger partial charge < -0.3 is 23.8 Å². The number of ketones is 1. The summed E-state index contributed by atoms with van der Waals surface area (Å²) in [6, 6.07) is 7.70. The lowest BCUT2D eigenvalue weighted by Crippen LogP contribution is -2.18. The van der Waals surface area contributed by atoms with Crippen molar-refractivity contribution in [3.63, 3.8) is 0 Å². The van der Waals surface area contributed by atoms with Gasteiger partial charge in [-0.05, 0) is 41.8 Å². The molecule has 0 fully saturated rings. The molecule has 138 valence electrons. The number of methoxy groups -OCH3 is 2. The van der Waals surface area contributed by atoms with E-state index in [0.29, 0.717) is 34.1 Å². The van der Waals surface area contributed by atoms with Crippen LogP contribution in [0.1, 0.15) is 27.0 Å². The maximum Gasteiger partial charge on any atom is 0.231 e. The van der Waals surface area contributed by atoms with Crippen molar-refractivity contribution in [2.45, 2.75) is 6.42 Å². The first-order chi connectivity index (χ1) is 13.1. The molecule has 2 aromatic carbocycles. The number of hydrogen-bond acceptors (Lipinski definition) is 6. The molecule has 0 amide bonds. The Hall–Kier alpha value is -3.15. The third kappa shape index (κ3) is 2.10. The Balaban J connectivity index is 1.77. The minimum Gasteiger partial charge on any atom is -0.493 e. The fraction of sp³-hybridized carbons (Fsp3) is 0.286. The zero-order valence-corrected chi connectivity index (χ0v) is 15.4. The van der Waals surface area contributed by atoms with Gasteiger partial charge in [0.15, 0.2) is 28.8 Å². The number of benzene rings is 2. The third-order valence-corrected chi connectivity index (χ3v) is 5.46. The molecule has 0 N–H and O–H groups in total. The zero-order valence-electron chi connectivity index (χ0n) is 15.4. The van der Waals surface area contributed by atoms with Crippen LogP contribution in [0.4, 0.5) is 0 Å². The highest BCUT2D eigenvalue weighted by Gasteiger charge is 2.40. The molecule has 27 heavy (non-hydrogen) atoms. The van der Waals surface area contributed by atoms with Gasteiger partial charge in [0.25, 0.3) is 0 Å². The molecule has 0 unspecified atom stereocenters. The van der Waals surface area contributed by atoms with Crippen LogP contribution in [-0.2, 0) is 6.42 Å². The number of carbonyl (C=O) groups excluding carboxylic acids is 1. The van der Waals surface area contributed by atoms with Crippen LogP contribution in [0.25, 0.3) is 11.3 Å². The van der Waals surface area contributed by atoms with Gasteiger partial charge in [0.2, 0.25) is 6.79 Å².